The number of nitriles is 1. The first-order valence-electron chi connectivity index (χ1n) is 7.75. The van der Waals surface area contributed by atoms with E-state index < -0.39 is 10.0 Å². The number of ether oxygens (including phenoxy) is 1. The Morgan fingerprint density at radius 1 is 1.25 bits per heavy atom. The first kappa shape index (κ1) is 16.5. The predicted molar refractivity (Wildman–Crippen MR) is 90.3 cm³/mol. The number of rotatable bonds is 5. The molecule has 2 aromatic carbocycles. The van der Waals surface area contributed by atoms with Gasteiger partial charge in [0.2, 0.25) is 10.0 Å². The summed E-state index contributed by atoms with van der Waals surface area (Å²) in [5.74, 6) is 0.921. The molecule has 0 fully saturated rings. The zero-order chi connectivity index (χ0) is 17.2. The summed E-state index contributed by atoms with van der Waals surface area (Å²) < 4.78 is 33.0. The Balaban J connectivity index is 1.69. The first-order valence-corrected chi connectivity index (χ1v) is 9.23. The summed E-state index contributed by atoms with van der Waals surface area (Å²) in [5, 5.41) is 8.78. The van der Waals surface area contributed by atoms with Crippen LogP contribution in [0, 0.1) is 11.3 Å². The van der Waals surface area contributed by atoms with Gasteiger partial charge in [0.15, 0.2) is 0 Å². The quantitative estimate of drug-likeness (QED) is 0.905. The molecule has 3 rings (SSSR count). The van der Waals surface area contributed by atoms with Gasteiger partial charge in [-0.3, -0.25) is 0 Å². The van der Waals surface area contributed by atoms with Gasteiger partial charge in [-0.2, -0.15) is 5.26 Å². The summed E-state index contributed by atoms with van der Waals surface area (Å²) in [5.41, 5.74) is 2.69. The molecule has 5 nitrogen and oxygen atoms in total. The normalized spacial score (nSPS) is 14.5. The van der Waals surface area contributed by atoms with E-state index >= 15 is 0 Å². The van der Waals surface area contributed by atoms with Crippen LogP contribution in [0.15, 0.2) is 47.4 Å². The fourth-order valence-electron chi connectivity index (χ4n) is 2.80. The number of benzene rings is 2. The topological polar surface area (TPSA) is 79.2 Å². The molecule has 0 spiro atoms. The minimum atomic E-state index is -3.60. The second-order valence-electron chi connectivity index (χ2n) is 5.90. The molecule has 0 amide bonds. The smallest absolute Gasteiger partial charge is 0.240 e. The zero-order valence-electron chi connectivity index (χ0n) is 13.3. The largest absolute Gasteiger partial charge is 0.493 e. The Bertz CT molecular complexity index is 883. The van der Waals surface area contributed by atoms with E-state index in [0.29, 0.717) is 18.6 Å². The van der Waals surface area contributed by atoms with Crippen molar-refractivity contribution in [1.29, 1.82) is 5.26 Å². The minimum absolute atomic E-state index is 0.163. The number of fused-ring (bicyclic) bond motifs is 1. The van der Waals surface area contributed by atoms with Crippen LogP contribution >= 0.6 is 0 Å². The molecule has 0 saturated carbocycles. The van der Waals surface area contributed by atoms with Gasteiger partial charge in [0.05, 0.1) is 23.1 Å². The van der Waals surface area contributed by atoms with Crippen molar-refractivity contribution in [3.05, 3.63) is 59.2 Å². The van der Waals surface area contributed by atoms with Gasteiger partial charge < -0.3 is 4.74 Å². The standard InChI is InChI=1S/C18H18N2O3S/c1-13(10-15-4-7-18-16(11-15)8-9-23-18)20-24(21,22)17-5-2-14(12-19)3-6-17/h2-7,11,13,20H,8-10H2,1H3. The van der Waals surface area contributed by atoms with Gasteiger partial charge in [0.25, 0.3) is 0 Å². The zero-order valence-corrected chi connectivity index (χ0v) is 14.1. The molecule has 1 aliphatic rings. The third-order valence-corrected chi connectivity index (χ3v) is 5.55. The lowest BCUT2D eigenvalue weighted by Crippen LogP contribution is -2.34. The van der Waals surface area contributed by atoms with Crippen molar-refractivity contribution in [2.45, 2.75) is 30.7 Å². The first-order chi connectivity index (χ1) is 11.5. The van der Waals surface area contributed by atoms with E-state index in [-0.39, 0.29) is 10.9 Å². The van der Waals surface area contributed by atoms with Gasteiger partial charge in [-0.1, -0.05) is 12.1 Å². The second kappa shape index (κ2) is 6.63. The number of hydrogen-bond acceptors (Lipinski definition) is 4. The molecule has 6 heteroatoms. The van der Waals surface area contributed by atoms with Gasteiger partial charge in [0.1, 0.15) is 5.75 Å². The van der Waals surface area contributed by atoms with Crippen LogP contribution in [0.4, 0.5) is 0 Å². The highest BCUT2D eigenvalue weighted by molar-refractivity contribution is 7.89. The maximum Gasteiger partial charge on any atom is 0.240 e. The lowest BCUT2D eigenvalue weighted by atomic mass is 10.0. The molecular formula is C18H18N2O3S. The SMILES string of the molecule is CC(Cc1ccc2c(c1)CCO2)NS(=O)(=O)c1ccc(C#N)cc1. The van der Waals surface area contributed by atoms with E-state index in [2.05, 4.69) is 10.8 Å². The molecule has 1 unspecified atom stereocenters. The lowest BCUT2D eigenvalue weighted by Gasteiger charge is -2.15. The van der Waals surface area contributed by atoms with Gasteiger partial charge in [-0.15, -0.1) is 0 Å². The van der Waals surface area contributed by atoms with Crippen molar-refractivity contribution in [1.82, 2.24) is 4.72 Å². The molecule has 1 atom stereocenters. The number of hydrogen-bond donors (Lipinski definition) is 1. The summed E-state index contributed by atoms with van der Waals surface area (Å²) in [6.45, 7) is 2.55. The number of nitrogens with zero attached hydrogens (tertiary/aromatic N) is 1. The van der Waals surface area contributed by atoms with Crippen molar-refractivity contribution < 1.29 is 13.2 Å². The Hall–Kier alpha value is -2.36. The molecule has 1 aliphatic heterocycles. The maximum atomic E-state index is 12.4. The molecule has 0 aliphatic carbocycles. The molecule has 124 valence electrons. The number of nitrogens with one attached hydrogen (secondary N) is 1. The molecule has 0 aromatic heterocycles. The molecule has 1 heterocycles. The van der Waals surface area contributed by atoms with Crippen molar-refractivity contribution >= 4 is 10.0 Å². The average molecular weight is 342 g/mol. The second-order valence-corrected chi connectivity index (χ2v) is 7.62. The van der Waals surface area contributed by atoms with Crippen molar-refractivity contribution in [2.75, 3.05) is 6.61 Å². The summed E-state index contributed by atoms with van der Waals surface area (Å²) in [6, 6.07) is 13.6. The van der Waals surface area contributed by atoms with E-state index in [1.54, 1.807) is 0 Å². The predicted octanol–water partition coefficient (Wildman–Crippen LogP) is 2.40. The van der Waals surface area contributed by atoms with Crippen LogP contribution in [0.5, 0.6) is 5.75 Å². The summed E-state index contributed by atoms with van der Waals surface area (Å²) in [7, 11) is -3.60. The van der Waals surface area contributed by atoms with E-state index in [4.69, 9.17) is 10.00 Å². The van der Waals surface area contributed by atoms with Crippen LogP contribution in [-0.4, -0.2) is 21.1 Å². The van der Waals surface area contributed by atoms with Crippen LogP contribution in [0.25, 0.3) is 0 Å². The van der Waals surface area contributed by atoms with Crippen molar-refractivity contribution in [3.8, 4) is 11.8 Å². The highest BCUT2D eigenvalue weighted by Crippen LogP contribution is 2.26. The monoisotopic (exact) mass is 342 g/mol. The molecule has 1 N–H and O–H groups in total. The van der Waals surface area contributed by atoms with Crippen LogP contribution < -0.4 is 9.46 Å². The van der Waals surface area contributed by atoms with Gasteiger partial charge in [-0.05, 0) is 54.8 Å². The highest BCUT2D eigenvalue weighted by atomic mass is 32.2. The summed E-state index contributed by atoms with van der Waals surface area (Å²) >= 11 is 0. The van der Waals surface area contributed by atoms with Gasteiger partial charge in [-0.25, -0.2) is 13.1 Å². The third kappa shape index (κ3) is 3.58. The minimum Gasteiger partial charge on any atom is -0.493 e. The Labute approximate surface area is 141 Å². The maximum absolute atomic E-state index is 12.4. The Morgan fingerprint density at radius 2 is 2.00 bits per heavy atom. The van der Waals surface area contributed by atoms with Crippen LogP contribution in [0.3, 0.4) is 0 Å². The van der Waals surface area contributed by atoms with Gasteiger partial charge >= 0.3 is 0 Å². The molecule has 0 bridgehead atoms. The molecule has 0 saturated heterocycles. The lowest BCUT2D eigenvalue weighted by molar-refractivity contribution is 0.357. The molecule has 24 heavy (non-hydrogen) atoms. The summed E-state index contributed by atoms with van der Waals surface area (Å²) in [4.78, 5) is 0.163. The molecule has 0 radical (unpaired) electrons. The van der Waals surface area contributed by atoms with E-state index in [0.717, 1.165) is 17.7 Å². The van der Waals surface area contributed by atoms with E-state index in [1.165, 1.54) is 29.8 Å². The average Bonchev–Trinajstić information content (AvgIpc) is 3.02. The van der Waals surface area contributed by atoms with Crippen molar-refractivity contribution in [3.63, 3.8) is 0 Å². The van der Waals surface area contributed by atoms with E-state index in [1.807, 2.05) is 25.1 Å². The summed E-state index contributed by atoms with van der Waals surface area (Å²) in [6.07, 6.45) is 1.50. The highest BCUT2D eigenvalue weighted by Gasteiger charge is 2.18. The Kier molecular flexibility index (Phi) is 4.56. The third-order valence-electron chi connectivity index (χ3n) is 3.95. The van der Waals surface area contributed by atoms with Crippen LogP contribution in [0.1, 0.15) is 23.6 Å². The van der Waals surface area contributed by atoms with Crippen molar-refractivity contribution in [2.24, 2.45) is 0 Å². The Morgan fingerprint density at radius 3 is 2.71 bits per heavy atom. The molecular weight excluding hydrogens is 324 g/mol. The van der Waals surface area contributed by atoms with Crippen LogP contribution in [0.2, 0.25) is 0 Å². The molecule has 2 aromatic rings. The van der Waals surface area contributed by atoms with Crippen LogP contribution in [-0.2, 0) is 22.9 Å². The fourth-order valence-corrected chi connectivity index (χ4v) is 4.05. The fraction of sp³-hybridized carbons (Fsp3) is 0.278. The van der Waals surface area contributed by atoms with E-state index in [9.17, 15) is 8.42 Å². The van der Waals surface area contributed by atoms with Gasteiger partial charge in [0, 0.05) is 12.5 Å². The number of sulfonamides is 1.